The first-order chi connectivity index (χ1) is 58.9. The number of carbonyl (C=O) groups excluding carboxylic acids is 4. The maximum absolute atomic E-state index is 15.6. The van der Waals surface area contributed by atoms with Crippen LogP contribution in [0.4, 0.5) is 0 Å². The van der Waals surface area contributed by atoms with Crippen LogP contribution >= 0.6 is 0 Å². The molecular formula is C107H209N7O6. The third kappa shape index (κ3) is 54.1. The van der Waals surface area contributed by atoms with Crippen molar-refractivity contribution in [3.05, 3.63) is 0 Å². The SMILES string of the molecule is CCCCCCCCCCCCN(CCCCCCCCCCCC)CCCCCCNC(=O)C12CC3(C(=O)NCCCCCCN(CCCCCCCCCCCC)CCCCCCCCCCCC)CC(C(=O)NCCCCCCN(CCCCCCCCCCCC)CCCCCCCCCCCC)(C1)CC(C(=O)NC(CO)CO)(C2)C3. The van der Waals surface area contributed by atoms with E-state index in [1.54, 1.807) is 0 Å². The zero-order chi connectivity index (χ0) is 86.5. The molecule has 0 heterocycles. The second kappa shape index (κ2) is 77.8. The van der Waals surface area contributed by atoms with E-state index in [-0.39, 0.29) is 42.9 Å². The second-order valence-corrected chi connectivity index (χ2v) is 40.3. The molecule has 0 aromatic heterocycles. The Balaban J connectivity index is 1.78. The summed E-state index contributed by atoms with van der Waals surface area (Å²) in [5.41, 5.74) is -4.60. The highest BCUT2D eigenvalue weighted by molar-refractivity contribution is 5.96. The molecule has 4 fully saturated rings. The first-order valence-electron chi connectivity index (χ1n) is 54.4. The summed E-state index contributed by atoms with van der Waals surface area (Å²) in [4.78, 5) is 70.4. The van der Waals surface area contributed by atoms with Gasteiger partial charge in [0.05, 0.1) is 40.9 Å². The van der Waals surface area contributed by atoms with Gasteiger partial charge in [-0.25, -0.2) is 0 Å². The summed E-state index contributed by atoms with van der Waals surface area (Å²) < 4.78 is 0. The highest BCUT2D eigenvalue weighted by Gasteiger charge is 2.75. The van der Waals surface area contributed by atoms with E-state index in [4.69, 9.17) is 0 Å². The molecule has 4 amide bonds. The number of amides is 4. The molecule has 6 N–H and O–H groups in total. The molecule has 4 aliphatic rings. The van der Waals surface area contributed by atoms with Gasteiger partial charge < -0.3 is 46.2 Å². The Hall–Kier alpha value is -2.32. The van der Waals surface area contributed by atoms with Crippen molar-refractivity contribution in [2.45, 2.75) is 548 Å². The predicted molar refractivity (Wildman–Crippen MR) is 518 cm³/mol. The van der Waals surface area contributed by atoms with Crippen LogP contribution in [0, 0.1) is 21.7 Å². The maximum atomic E-state index is 15.6. The lowest BCUT2D eigenvalue weighted by atomic mass is 9.34. The van der Waals surface area contributed by atoms with Gasteiger partial charge in [0.15, 0.2) is 0 Å². The van der Waals surface area contributed by atoms with Crippen LogP contribution in [0.25, 0.3) is 0 Å². The van der Waals surface area contributed by atoms with E-state index in [0.29, 0.717) is 38.9 Å². The minimum absolute atomic E-state index is 0.126. The molecule has 0 radical (unpaired) electrons. The van der Waals surface area contributed by atoms with Crippen LogP contribution < -0.4 is 21.3 Å². The number of nitrogens with one attached hydrogen (secondary N) is 4. The van der Waals surface area contributed by atoms with Gasteiger partial charge in [-0.1, -0.05) is 427 Å². The summed E-state index contributed by atoms with van der Waals surface area (Å²) >= 11 is 0. The van der Waals surface area contributed by atoms with Gasteiger partial charge in [0.2, 0.25) is 23.6 Å². The number of nitrogens with zero attached hydrogens (tertiary/aromatic N) is 3. The van der Waals surface area contributed by atoms with E-state index in [0.717, 1.165) is 96.7 Å². The Labute approximate surface area is 746 Å². The van der Waals surface area contributed by atoms with E-state index >= 15 is 19.2 Å². The molecule has 120 heavy (non-hydrogen) atoms. The number of rotatable bonds is 94. The van der Waals surface area contributed by atoms with Crippen molar-refractivity contribution in [1.82, 2.24) is 36.0 Å². The van der Waals surface area contributed by atoms with Crippen LogP contribution in [0.1, 0.15) is 542 Å². The highest BCUT2D eigenvalue weighted by atomic mass is 16.3. The minimum Gasteiger partial charge on any atom is -0.394 e. The second-order valence-electron chi connectivity index (χ2n) is 40.3. The van der Waals surface area contributed by atoms with E-state index in [1.165, 1.54) is 425 Å². The van der Waals surface area contributed by atoms with Crippen LogP contribution in [0.5, 0.6) is 0 Å². The number of hydrogen-bond acceptors (Lipinski definition) is 9. The van der Waals surface area contributed by atoms with Gasteiger partial charge in [-0.15, -0.1) is 0 Å². The number of aliphatic hydroxyl groups excluding tert-OH is 2. The van der Waals surface area contributed by atoms with Gasteiger partial charge in [-0.3, -0.25) is 19.2 Å². The van der Waals surface area contributed by atoms with Gasteiger partial charge >= 0.3 is 0 Å². The van der Waals surface area contributed by atoms with Crippen LogP contribution in [0.2, 0.25) is 0 Å². The minimum atomic E-state index is -1.22. The van der Waals surface area contributed by atoms with Crippen LogP contribution in [-0.2, 0) is 19.2 Å². The summed E-state index contributed by atoms with van der Waals surface area (Å²) in [5, 5.41) is 34.2. The van der Waals surface area contributed by atoms with Crippen LogP contribution in [-0.4, -0.2) is 146 Å². The standard InChI is InChI=1S/C107H209N7O6/c1-7-13-19-25-31-37-43-49-58-70-82-112(83-71-59-50-44-38-32-26-20-14-8-2)88-76-64-55-67-79-108-100(117)104-93-105(101(118)109-80-68-56-65-77-89-113(84-72-60-51-45-39-33-27-21-15-9-3)85-73-61-52-46-40-34-28-22-16-10-4)95-106(94-104,98-107(96-104,97-105)103(120)111-99(91-115)92-116)102(119)110-81-69-57-66-78-90-114(86-74-62-53-47-41-35-29-23-17-11-5)87-75-63-54-48-42-36-30-24-18-12-6/h99,115-116H,7-98H2,1-6H3,(H,108,117)(H,109,118)(H,110,119)(H,111,120). The number of hydrogen-bond donors (Lipinski definition) is 6. The predicted octanol–water partition coefficient (Wildman–Crippen LogP) is 28.2. The zero-order valence-electron chi connectivity index (χ0n) is 81.5. The quantitative estimate of drug-likeness (QED) is 0.0325. The van der Waals surface area contributed by atoms with Crippen molar-refractivity contribution in [3.8, 4) is 0 Å². The fraction of sp³-hybridized carbons (Fsp3) is 0.963. The molecule has 0 saturated heterocycles. The van der Waals surface area contributed by atoms with Gasteiger partial charge in [0.1, 0.15) is 0 Å². The molecule has 0 atom stereocenters. The van der Waals surface area contributed by atoms with Crippen molar-refractivity contribution in [3.63, 3.8) is 0 Å². The summed E-state index contributed by atoms with van der Waals surface area (Å²) in [5.74, 6) is -0.737. The fourth-order valence-electron chi connectivity index (χ4n) is 21.6. The molecule has 13 heteroatoms. The molecule has 0 aromatic rings. The molecule has 13 nitrogen and oxygen atoms in total. The molecule has 0 aromatic carbocycles. The van der Waals surface area contributed by atoms with E-state index in [2.05, 4.69) is 77.5 Å². The Morgan fingerprint density at radius 1 is 0.208 bits per heavy atom. The molecular weight excluding hydrogens is 1480 g/mol. The molecule has 4 bridgehead atoms. The van der Waals surface area contributed by atoms with Gasteiger partial charge in [-0.05, 0) is 174 Å². The fourth-order valence-corrected chi connectivity index (χ4v) is 21.6. The molecule has 0 spiro atoms. The molecule has 4 saturated carbocycles. The Morgan fingerprint density at radius 2 is 0.342 bits per heavy atom. The largest absolute Gasteiger partial charge is 0.394 e. The maximum Gasteiger partial charge on any atom is 0.226 e. The average molecular weight is 1690 g/mol. The summed E-state index contributed by atoms with van der Waals surface area (Å²) in [6, 6.07) is -0.894. The zero-order valence-corrected chi connectivity index (χ0v) is 81.5. The average Bonchev–Trinajstić information content (AvgIpc) is 0.671. The lowest BCUT2D eigenvalue weighted by Crippen LogP contribution is -2.72. The summed E-state index contributed by atoms with van der Waals surface area (Å²) in [6.07, 6.45) is 95.6. The van der Waals surface area contributed by atoms with E-state index in [1.807, 2.05) is 0 Å². The normalized spacial score (nSPS) is 18.2. The topological polar surface area (TPSA) is 167 Å². The highest BCUT2D eigenvalue weighted by Crippen LogP contribution is 2.74. The first kappa shape index (κ1) is 112. The van der Waals surface area contributed by atoms with Crippen molar-refractivity contribution >= 4 is 23.6 Å². The van der Waals surface area contributed by atoms with Crippen molar-refractivity contribution in [2.75, 3.05) is 91.8 Å². The molecule has 708 valence electrons. The van der Waals surface area contributed by atoms with Crippen molar-refractivity contribution in [2.24, 2.45) is 21.7 Å². The van der Waals surface area contributed by atoms with Gasteiger partial charge in [0, 0.05) is 19.6 Å². The Morgan fingerprint density at radius 3 is 0.492 bits per heavy atom. The molecule has 0 aliphatic heterocycles. The first-order valence-corrected chi connectivity index (χ1v) is 54.4. The van der Waals surface area contributed by atoms with Crippen molar-refractivity contribution < 1.29 is 29.4 Å². The lowest BCUT2D eigenvalue weighted by molar-refractivity contribution is -0.208. The Bertz CT molecular complexity index is 2010. The van der Waals surface area contributed by atoms with E-state index in [9.17, 15) is 10.2 Å². The number of aliphatic hydroxyl groups is 2. The lowest BCUT2D eigenvalue weighted by Gasteiger charge is -2.67. The third-order valence-corrected chi connectivity index (χ3v) is 28.8. The Kier molecular flexibility index (Phi) is 72.5. The molecule has 4 rings (SSSR count). The molecule has 0 unspecified atom stereocenters. The number of unbranched alkanes of at least 4 members (excludes halogenated alkanes) is 63. The van der Waals surface area contributed by atoms with Gasteiger partial charge in [0.25, 0.3) is 0 Å². The van der Waals surface area contributed by atoms with E-state index < -0.39 is 40.9 Å². The summed E-state index contributed by atoms with van der Waals surface area (Å²) in [7, 11) is 0. The summed E-state index contributed by atoms with van der Waals surface area (Å²) in [6.45, 7) is 25.1. The molecule has 4 aliphatic carbocycles. The monoisotopic (exact) mass is 1690 g/mol. The van der Waals surface area contributed by atoms with Crippen LogP contribution in [0.3, 0.4) is 0 Å². The van der Waals surface area contributed by atoms with Crippen molar-refractivity contribution in [1.29, 1.82) is 0 Å². The third-order valence-electron chi connectivity index (χ3n) is 28.8. The smallest absolute Gasteiger partial charge is 0.226 e. The van der Waals surface area contributed by atoms with Gasteiger partial charge in [-0.2, -0.15) is 0 Å². The number of carbonyl (C=O) groups is 4. The van der Waals surface area contributed by atoms with Crippen LogP contribution in [0.15, 0.2) is 0 Å².